The summed E-state index contributed by atoms with van der Waals surface area (Å²) < 4.78 is 32.5. The molecule has 0 fully saturated rings. The predicted octanol–water partition coefficient (Wildman–Crippen LogP) is 1.97. The number of H-pyrrole nitrogens is 1. The zero-order valence-corrected chi connectivity index (χ0v) is 19.6. The number of carbonyl (C=O) groups is 3. The Hall–Kier alpha value is -3.96. The number of esters is 1. The van der Waals surface area contributed by atoms with Crippen molar-refractivity contribution in [3.63, 3.8) is 0 Å². The molecule has 3 aromatic rings. The van der Waals surface area contributed by atoms with Crippen molar-refractivity contribution in [2.45, 2.75) is 25.3 Å². The van der Waals surface area contributed by atoms with E-state index >= 15 is 0 Å². The lowest BCUT2D eigenvalue weighted by atomic mass is 10.1. The number of hydrogen-bond donors (Lipinski definition) is 4. The molecule has 10 nitrogen and oxygen atoms in total. The van der Waals surface area contributed by atoms with Gasteiger partial charge in [-0.2, -0.15) is 0 Å². The molecule has 0 bridgehead atoms. The highest BCUT2D eigenvalue weighted by Crippen LogP contribution is 2.18. The van der Waals surface area contributed by atoms with Crippen LogP contribution in [0.4, 0.5) is 0 Å². The van der Waals surface area contributed by atoms with Gasteiger partial charge in [0.15, 0.2) is 0 Å². The molecule has 3 rings (SSSR count). The van der Waals surface area contributed by atoms with Gasteiger partial charge in [-0.25, -0.2) is 17.9 Å². The number of benzene rings is 2. The molecule has 0 atom stereocenters. The Labute approximate surface area is 196 Å². The van der Waals surface area contributed by atoms with Gasteiger partial charge in [-0.1, -0.05) is 36.4 Å². The van der Waals surface area contributed by atoms with Crippen molar-refractivity contribution < 1.29 is 27.5 Å². The van der Waals surface area contributed by atoms with Crippen molar-refractivity contribution in [2.24, 2.45) is 0 Å². The second kappa shape index (κ2) is 10.3. The van der Waals surface area contributed by atoms with Crippen LogP contribution in [0.2, 0.25) is 0 Å². The highest BCUT2D eigenvalue weighted by molar-refractivity contribution is 7.89. The van der Waals surface area contributed by atoms with E-state index in [4.69, 9.17) is 4.74 Å². The fourth-order valence-electron chi connectivity index (χ4n) is 3.30. The van der Waals surface area contributed by atoms with Gasteiger partial charge in [0.2, 0.25) is 10.0 Å². The summed E-state index contributed by atoms with van der Waals surface area (Å²) in [6, 6.07) is 14.4. The zero-order chi connectivity index (χ0) is 24.9. The molecule has 34 heavy (non-hydrogen) atoms. The number of nitrogens with one attached hydrogen (secondary N) is 4. The van der Waals surface area contributed by atoms with Crippen molar-refractivity contribution in [3.05, 3.63) is 88.2 Å². The number of aromatic nitrogens is 1. The number of sulfonamides is 1. The second-order valence-corrected chi connectivity index (χ2v) is 9.13. The Bertz CT molecular complexity index is 1330. The maximum absolute atomic E-state index is 12.6. The van der Waals surface area contributed by atoms with Crippen LogP contribution in [0.25, 0.3) is 0 Å². The SMILES string of the molecule is COC(=O)c1c(C)[nH]c(C(=O)NNC(=O)c2cccc(S(=O)(=O)NCc3ccccc3)c2)c1C. The third-order valence-electron chi connectivity index (χ3n) is 5.06. The number of aromatic amines is 1. The highest BCUT2D eigenvalue weighted by atomic mass is 32.2. The number of ether oxygens (including phenoxy) is 1. The van der Waals surface area contributed by atoms with E-state index < -0.39 is 27.8 Å². The summed E-state index contributed by atoms with van der Waals surface area (Å²) in [6.45, 7) is 3.29. The van der Waals surface area contributed by atoms with Crippen LogP contribution in [-0.4, -0.2) is 38.3 Å². The number of aryl methyl sites for hydroxylation is 1. The molecule has 11 heteroatoms. The fraction of sp³-hybridized carbons (Fsp3) is 0.174. The molecule has 1 aromatic heterocycles. The maximum Gasteiger partial charge on any atom is 0.339 e. The highest BCUT2D eigenvalue weighted by Gasteiger charge is 2.23. The van der Waals surface area contributed by atoms with Crippen LogP contribution in [0.3, 0.4) is 0 Å². The van der Waals surface area contributed by atoms with E-state index in [1.807, 2.05) is 6.07 Å². The standard InChI is InChI=1S/C23H24N4O6S/c1-14-19(23(30)33-3)15(2)25-20(14)22(29)27-26-21(28)17-10-7-11-18(12-17)34(31,32)24-13-16-8-5-4-6-9-16/h4-12,24-25H,13H2,1-3H3,(H,26,28)(H,27,29). The number of hydrazine groups is 1. The summed E-state index contributed by atoms with van der Waals surface area (Å²) in [5.41, 5.74) is 6.44. The molecule has 2 aromatic carbocycles. The number of methoxy groups -OCH3 is 1. The largest absolute Gasteiger partial charge is 0.465 e. The molecule has 178 valence electrons. The van der Waals surface area contributed by atoms with Crippen LogP contribution in [0, 0.1) is 13.8 Å². The van der Waals surface area contributed by atoms with Crippen LogP contribution >= 0.6 is 0 Å². The number of hydrogen-bond acceptors (Lipinski definition) is 6. The van der Waals surface area contributed by atoms with Crippen molar-refractivity contribution in [1.29, 1.82) is 0 Å². The van der Waals surface area contributed by atoms with Crippen molar-refractivity contribution in [1.82, 2.24) is 20.6 Å². The Morgan fingerprint density at radius 1 is 0.941 bits per heavy atom. The summed E-state index contributed by atoms with van der Waals surface area (Å²) in [5, 5.41) is 0. The van der Waals surface area contributed by atoms with E-state index in [9.17, 15) is 22.8 Å². The number of rotatable bonds is 7. The maximum atomic E-state index is 12.6. The second-order valence-electron chi connectivity index (χ2n) is 7.36. The molecule has 0 aliphatic carbocycles. The Morgan fingerprint density at radius 2 is 1.62 bits per heavy atom. The minimum absolute atomic E-state index is 0.0255. The minimum Gasteiger partial charge on any atom is -0.465 e. The molecular formula is C23H24N4O6S. The van der Waals surface area contributed by atoms with Gasteiger partial charge in [-0.15, -0.1) is 0 Å². The van der Waals surface area contributed by atoms with Gasteiger partial charge in [0, 0.05) is 17.8 Å². The lowest BCUT2D eigenvalue weighted by Gasteiger charge is -2.10. The molecule has 0 radical (unpaired) electrons. The van der Waals surface area contributed by atoms with E-state index in [0.717, 1.165) is 5.56 Å². The molecule has 0 saturated carbocycles. The average Bonchev–Trinajstić information content (AvgIpc) is 3.15. The summed E-state index contributed by atoms with van der Waals surface area (Å²) in [5.74, 6) is -1.99. The van der Waals surface area contributed by atoms with E-state index in [1.165, 1.54) is 31.4 Å². The monoisotopic (exact) mass is 484 g/mol. The van der Waals surface area contributed by atoms with E-state index in [0.29, 0.717) is 11.3 Å². The van der Waals surface area contributed by atoms with E-state index in [1.54, 1.807) is 38.1 Å². The molecule has 0 unspecified atom stereocenters. The number of carbonyl (C=O) groups excluding carboxylic acids is 3. The first kappa shape index (κ1) is 24.7. The molecule has 1 heterocycles. The molecule has 0 aliphatic heterocycles. The van der Waals surface area contributed by atoms with Gasteiger partial charge in [0.05, 0.1) is 17.6 Å². The van der Waals surface area contributed by atoms with Crippen molar-refractivity contribution in [3.8, 4) is 0 Å². The summed E-state index contributed by atoms with van der Waals surface area (Å²) in [7, 11) is -2.64. The van der Waals surface area contributed by atoms with Crippen LogP contribution in [0.1, 0.15) is 48.0 Å². The lowest BCUT2D eigenvalue weighted by molar-refractivity contribution is 0.0599. The minimum atomic E-state index is -3.87. The summed E-state index contributed by atoms with van der Waals surface area (Å²) >= 11 is 0. The molecular weight excluding hydrogens is 460 g/mol. The Balaban J connectivity index is 1.68. The topological polar surface area (TPSA) is 146 Å². The van der Waals surface area contributed by atoms with Gasteiger partial charge in [0.25, 0.3) is 11.8 Å². The third-order valence-corrected chi connectivity index (χ3v) is 6.46. The van der Waals surface area contributed by atoms with Crippen LogP contribution in [-0.2, 0) is 21.3 Å². The van der Waals surface area contributed by atoms with Crippen molar-refractivity contribution in [2.75, 3.05) is 7.11 Å². The van der Waals surface area contributed by atoms with Gasteiger partial charge < -0.3 is 9.72 Å². The first-order valence-electron chi connectivity index (χ1n) is 10.2. The Kier molecular flexibility index (Phi) is 7.49. The molecule has 0 aliphatic rings. The third kappa shape index (κ3) is 5.50. The molecule has 2 amide bonds. The van der Waals surface area contributed by atoms with Crippen molar-refractivity contribution >= 4 is 27.8 Å². The van der Waals surface area contributed by atoms with Gasteiger partial charge in [0.1, 0.15) is 5.69 Å². The number of amides is 2. The van der Waals surface area contributed by atoms with E-state index in [-0.39, 0.29) is 28.3 Å². The molecule has 0 saturated heterocycles. The van der Waals surface area contributed by atoms with Gasteiger partial charge >= 0.3 is 5.97 Å². The van der Waals surface area contributed by atoms with Crippen LogP contribution in [0.5, 0.6) is 0 Å². The lowest BCUT2D eigenvalue weighted by Crippen LogP contribution is -2.42. The van der Waals surface area contributed by atoms with Crippen LogP contribution in [0.15, 0.2) is 59.5 Å². The Morgan fingerprint density at radius 3 is 2.29 bits per heavy atom. The average molecular weight is 485 g/mol. The molecule has 4 N–H and O–H groups in total. The quantitative estimate of drug-likeness (QED) is 0.298. The normalized spacial score (nSPS) is 11.0. The smallest absolute Gasteiger partial charge is 0.339 e. The van der Waals surface area contributed by atoms with Gasteiger partial charge in [-0.3, -0.25) is 20.4 Å². The summed E-state index contributed by atoms with van der Waals surface area (Å²) in [4.78, 5) is 39.6. The van der Waals surface area contributed by atoms with E-state index in [2.05, 4.69) is 20.6 Å². The first-order chi connectivity index (χ1) is 16.1. The van der Waals surface area contributed by atoms with Crippen LogP contribution < -0.4 is 15.6 Å². The summed E-state index contributed by atoms with van der Waals surface area (Å²) in [6.07, 6.45) is 0. The molecule has 0 spiro atoms. The first-order valence-corrected chi connectivity index (χ1v) is 11.6. The predicted molar refractivity (Wildman–Crippen MR) is 123 cm³/mol. The van der Waals surface area contributed by atoms with Gasteiger partial charge in [-0.05, 0) is 43.2 Å². The fourth-order valence-corrected chi connectivity index (χ4v) is 4.36. The zero-order valence-electron chi connectivity index (χ0n) is 18.8.